The predicted octanol–water partition coefficient (Wildman–Crippen LogP) is 3.46. The molecule has 0 saturated heterocycles. The van der Waals surface area contributed by atoms with Gasteiger partial charge in [0.25, 0.3) is 0 Å². The molecule has 0 atom stereocenters. The summed E-state index contributed by atoms with van der Waals surface area (Å²) in [5.41, 5.74) is 1.07. The number of unbranched alkanes of at least 4 members (excludes halogenated alkanes) is 1. The molecule has 2 nitrogen and oxygen atoms in total. The number of benzene rings is 1. The number of hydrogen-bond donors (Lipinski definition) is 1. The van der Waals surface area contributed by atoms with Gasteiger partial charge in [-0.1, -0.05) is 31.6 Å². The molecule has 0 spiro atoms. The van der Waals surface area contributed by atoms with Gasteiger partial charge in [-0.05, 0) is 18.6 Å². The summed E-state index contributed by atoms with van der Waals surface area (Å²) in [6.07, 6.45) is 6.53. The van der Waals surface area contributed by atoms with Gasteiger partial charge in [-0.25, -0.2) is 0 Å². The van der Waals surface area contributed by atoms with Crippen molar-refractivity contribution < 1.29 is 4.74 Å². The second-order valence-electron chi connectivity index (χ2n) is 3.35. The molecule has 1 aromatic rings. The summed E-state index contributed by atoms with van der Waals surface area (Å²) in [5, 5.41) is 3.08. The highest BCUT2D eigenvalue weighted by Gasteiger charge is 1.92. The molecule has 82 valence electrons. The third-order valence-electron chi connectivity index (χ3n) is 2.09. The van der Waals surface area contributed by atoms with Gasteiger partial charge < -0.3 is 10.1 Å². The highest BCUT2D eigenvalue weighted by molar-refractivity contribution is 5.47. The zero-order valence-electron chi connectivity index (χ0n) is 9.49. The van der Waals surface area contributed by atoms with Gasteiger partial charge in [-0.2, -0.15) is 0 Å². The Bertz CT molecular complexity index is 307. The summed E-state index contributed by atoms with van der Waals surface area (Å²) in [7, 11) is 1.90. The Hall–Kier alpha value is -1.44. The van der Waals surface area contributed by atoms with Crippen LogP contribution in [0.4, 0.5) is 5.69 Å². The number of anilines is 1. The summed E-state index contributed by atoms with van der Waals surface area (Å²) in [6, 6.07) is 7.96. The van der Waals surface area contributed by atoms with Gasteiger partial charge >= 0.3 is 0 Å². The van der Waals surface area contributed by atoms with Crippen molar-refractivity contribution in [3.05, 3.63) is 36.4 Å². The van der Waals surface area contributed by atoms with Crippen LogP contribution in [-0.4, -0.2) is 13.7 Å². The predicted molar refractivity (Wildman–Crippen MR) is 65.5 cm³/mol. The van der Waals surface area contributed by atoms with Gasteiger partial charge in [0, 0.05) is 18.8 Å². The second kappa shape index (κ2) is 6.93. The minimum Gasteiger partial charge on any atom is -0.489 e. The molecule has 1 aromatic carbocycles. The first-order chi connectivity index (χ1) is 7.36. The minimum absolute atomic E-state index is 0.646. The molecule has 2 heteroatoms. The minimum atomic E-state index is 0.646. The van der Waals surface area contributed by atoms with E-state index in [2.05, 4.69) is 24.4 Å². The standard InChI is InChI=1S/C13H19NO/c1-3-4-5-6-10-15-13-9-7-8-12(11-13)14-2/h5-9,11,14H,3-4,10H2,1-2H3/b6-5+. The molecular weight excluding hydrogens is 186 g/mol. The Balaban J connectivity index is 2.36. The van der Waals surface area contributed by atoms with Crippen molar-refractivity contribution in [3.63, 3.8) is 0 Å². The fourth-order valence-corrected chi connectivity index (χ4v) is 1.24. The molecule has 0 aromatic heterocycles. The molecule has 0 radical (unpaired) electrons. The lowest BCUT2D eigenvalue weighted by atomic mass is 10.3. The topological polar surface area (TPSA) is 21.3 Å². The van der Waals surface area contributed by atoms with E-state index in [1.54, 1.807) is 0 Å². The molecule has 0 aliphatic carbocycles. The van der Waals surface area contributed by atoms with E-state index in [1.165, 1.54) is 6.42 Å². The van der Waals surface area contributed by atoms with Crippen LogP contribution in [0.25, 0.3) is 0 Å². The molecule has 1 N–H and O–H groups in total. The molecular formula is C13H19NO. The monoisotopic (exact) mass is 205 g/mol. The Kier molecular flexibility index (Phi) is 5.38. The number of hydrogen-bond acceptors (Lipinski definition) is 2. The maximum atomic E-state index is 5.57. The molecule has 0 aliphatic heterocycles. The highest BCUT2D eigenvalue weighted by atomic mass is 16.5. The van der Waals surface area contributed by atoms with Crippen molar-refractivity contribution in [3.8, 4) is 5.75 Å². The Labute approximate surface area is 92.0 Å². The van der Waals surface area contributed by atoms with Crippen molar-refractivity contribution in [1.82, 2.24) is 0 Å². The molecule has 0 fully saturated rings. The maximum Gasteiger partial charge on any atom is 0.121 e. The molecule has 0 bridgehead atoms. The first kappa shape index (κ1) is 11.6. The van der Waals surface area contributed by atoms with Crippen LogP contribution in [-0.2, 0) is 0 Å². The number of rotatable bonds is 6. The van der Waals surface area contributed by atoms with Gasteiger partial charge in [-0.3, -0.25) is 0 Å². The van der Waals surface area contributed by atoms with Crippen LogP contribution in [0, 0.1) is 0 Å². The van der Waals surface area contributed by atoms with E-state index >= 15 is 0 Å². The van der Waals surface area contributed by atoms with Crippen LogP contribution in [0.3, 0.4) is 0 Å². The lowest BCUT2D eigenvalue weighted by Gasteiger charge is -2.05. The SMILES string of the molecule is CCC/C=C/COc1cccc(NC)c1. The Morgan fingerprint density at radius 2 is 2.20 bits per heavy atom. The second-order valence-corrected chi connectivity index (χ2v) is 3.35. The number of ether oxygens (including phenoxy) is 1. The van der Waals surface area contributed by atoms with E-state index in [0.29, 0.717) is 6.61 Å². The van der Waals surface area contributed by atoms with Gasteiger partial charge in [0.05, 0.1) is 0 Å². The van der Waals surface area contributed by atoms with Crippen LogP contribution >= 0.6 is 0 Å². The Morgan fingerprint density at radius 3 is 2.93 bits per heavy atom. The van der Waals surface area contributed by atoms with Crippen molar-refractivity contribution in [2.45, 2.75) is 19.8 Å². The lowest BCUT2D eigenvalue weighted by Crippen LogP contribution is -1.94. The molecule has 1 rings (SSSR count). The van der Waals surface area contributed by atoms with Crippen LogP contribution in [0.1, 0.15) is 19.8 Å². The molecule has 15 heavy (non-hydrogen) atoms. The van der Waals surface area contributed by atoms with Crippen molar-refractivity contribution in [2.75, 3.05) is 19.0 Å². The Morgan fingerprint density at radius 1 is 1.33 bits per heavy atom. The summed E-state index contributed by atoms with van der Waals surface area (Å²) in [6.45, 7) is 2.81. The highest BCUT2D eigenvalue weighted by Crippen LogP contribution is 2.16. The fourth-order valence-electron chi connectivity index (χ4n) is 1.24. The number of allylic oxidation sites excluding steroid dienone is 1. The van der Waals surface area contributed by atoms with Crippen molar-refractivity contribution in [1.29, 1.82) is 0 Å². The van der Waals surface area contributed by atoms with Gasteiger partial charge in [0.15, 0.2) is 0 Å². The van der Waals surface area contributed by atoms with E-state index in [1.807, 2.05) is 31.3 Å². The smallest absolute Gasteiger partial charge is 0.121 e. The lowest BCUT2D eigenvalue weighted by molar-refractivity contribution is 0.362. The van der Waals surface area contributed by atoms with E-state index in [0.717, 1.165) is 17.9 Å². The first-order valence-electron chi connectivity index (χ1n) is 5.42. The average molecular weight is 205 g/mol. The average Bonchev–Trinajstić information content (AvgIpc) is 2.29. The summed E-state index contributed by atoms with van der Waals surface area (Å²) in [5.74, 6) is 0.906. The molecule has 0 aliphatic rings. The normalized spacial score (nSPS) is 10.5. The van der Waals surface area contributed by atoms with E-state index < -0.39 is 0 Å². The summed E-state index contributed by atoms with van der Waals surface area (Å²) >= 11 is 0. The van der Waals surface area contributed by atoms with Crippen LogP contribution in [0.5, 0.6) is 5.75 Å². The van der Waals surface area contributed by atoms with E-state index in [-0.39, 0.29) is 0 Å². The first-order valence-corrected chi connectivity index (χ1v) is 5.42. The molecule has 0 unspecified atom stereocenters. The third-order valence-corrected chi connectivity index (χ3v) is 2.09. The zero-order chi connectivity index (χ0) is 10.9. The third kappa shape index (κ3) is 4.54. The molecule has 0 saturated carbocycles. The zero-order valence-corrected chi connectivity index (χ0v) is 9.49. The summed E-state index contributed by atoms with van der Waals surface area (Å²) < 4.78 is 5.57. The van der Waals surface area contributed by atoms with Crippen LogP contribution < -0.4 is 10.1 Å². The van der Waals surface area contributed by atoms with Gasteiger partial charge in [0.2, 0.25) is 0 Å². The summed E-state index contributed by atoms with van der Waals surface area (Å²) in [4.78, 5) is 0. The fraction of sp³-hybridized carbons (Fsp3) is 0.385. The van der Waals surface area contributed by atoms with Crippen molar-refractivity contribution >= 4 is 5.69 Å². The van der Waals surface area contributed by atoms with E-state index in [9.17, 15) is 0 Å². The quantitative estimate of drug-likeness (QED) is 0.718. The largest absolute Gasteiger partial charge is 0.489 e. The van der Waals surface area contributed by atoms with Crippen LogP contribution in [0.2, 0.25) is 0 Å². The maximum absolute atomic E-state index is 5.57. The molecule has 0 amide bonds. The van der Waals surface area contributed by atoms with Gasteiger partial charge in [-0.15, -0.1) is 0 Å². The number of nitrogens with one attached hydrogen (secondary N) is 1. The van der Waals surface area contributed by atoms with Crippen molar-refractivity contribution in [2.24, 2.45) is 0 Å². The molecule has 0 heterocycles. The van der Waals surface area contributed by atoms with E-state index in [4.69, 9.17) is 4.74 Å². The van der Waals surface area contributed by atoms with Gasteiger partial charge in [0.1, 0.15) is 12.4 Å². The van der Waals surface area contributed by atoms with Crippen LogP contribution in [0.15, 0.2) is 36.4 Å².